The number of sulfonamides is 1. The molecule has 2 aromatic carbocycles. The Morgan fingerprint density at radius 2 is 1.64 bits per heavy atom. The van der Waals surface area contributed by atoms with Gasteiger partial charge in [0, 0.05) is 38.7 Å². The van der Waals surface area contributed by atoms with Crippen molar-refractivity contribution in [2.24, 2.45) is 7.05 Å². The van der Waals surface area contributed by atoms with E-state index in [1.54, 1.807) is 27.0 Å². The average molecular weight is 474 g/mol. The van der Waals surface area contributed by atoms with Gasteiger partial charge in [0.2, 0.25) is 15.9 Å². The number of hydrogen-bond acceptors (Lipinski definition) is 5. The maximum absolute atomic E-state index is 12.7. The van der Waals surface area contributed by atoms with Crippen LogP contribution in [0.5, 0.6) is 0 Å². The van der Waals surface area contributed by atoms with Gasteiger partial charge >= 0.3 is 5.69 Å². The van der Waals surface area contributed by atoms with Gasteiger partial charge in [0.25, 0.3) is 5.91 Å². The first-order valence-electron chi connectivity index (χ1n) is 10.5. The second-order valence-electron chi connectivity index (χ2n) is 7.35. The van der Waals surface area contributed by atoms with Crippen LogP contribution >= 0.6 is 0 Å². The highest BCUT2D eigenvalue weighted by Crippen LogP contribution is 2.17. The van der Waals surface area contributed by atoms with Crippen molar-refractivity contribution in [2.45, 2.75) is 31.7 Å². The Hall–Kier alpha value is -3.44. The SMILES string of the molecule is CCN(CC)S(=O)(=O)c1cccc(C(=O)NNC(=O)CCn2c(=O)n(C)c3ccccc32)c1. The highest BCUT2D eigenvalue weighted by Gasteiger charge is 2.22. The van der Waals surface area contributed by atoms with Gasteiger partial charge in [-0.15, -0.1) is 0 Å². The van der Waals surface area contributed by atoms with Crippen molar-refractivity contribution in [3.05, 3.63) is 64.6 Å². The number of nitrogens with zero attached hydrogens (tertiary/aromatic N) is 3. The number of carbonyl (C=O) groups excluding carboxylic acids is 2. The van der Waals surface area contributed by atoms with Crippen molar-refractivity contribution < 1.29 is 18.0 Å². The summed E-state index contributed by atoms with van der Waals surface area (Å²) < 4.78 is 29.6. The Bertz CT molecular complexity index is 1340. The molecule has 0 spiro atoms. The van der Waals surface area contributed by atoms with E-state index in [2.05, 4.69) is 10.9 Å². The summed E-state index contributed by atoms with van der Waals surface area (Å²) in [6.45, 7) is 4.23. The molecule has 0 radical (unpaired) electrons. The minimum absolute atomic E-state index is 0.000470. The molecule has 0 aliphatic carbocycles. The van der Waals surface area contributed by atoms with Crippen molar-refractivity contribution in [2.75, 3.05) is 13.1 Å². The fourth-order valence-electron chi connectivity index (χ4n) is 3.56. The van der Waals surface area contributed by atoms with Crippen LogP contribution in [-0.2, 0) is 28.4 Å². The van der Waals surface area contributed by atoms with Crippen molar-refractivity contribution in [3.8, 4) is 0 Å². The first kappa shape index (κ1) is 24.2. The molecule has 10 nitrogen and oxygen atoms in total. The third-order valence-corrected chi connectivity index (χ3v) is 7.41. The van der Waals surface area contributed by atoms with Crippen molar-refractivity contribution in [3.63, 3.8) is 0 Å². The molecule has 176 valence electrons. The molecule has 1 aromatic heterocycles. The lowest BCUT2D eigenvalue weighted by Gasteiger charge is -2.18. The molecule has 1 heterocycles. The molecule has 0 saturated carbocycles. The topological polar surface area (TPSA) is 123 Å². The zero-order valence-electron chi connectivity index (χ0n) is 18.7. The van der Waals surface area contributed by atoms with Crippen molar-refractivity contribution >= 4 is 32.9 Å². The second kappa shape index (κ2) is 10.0. The number of aryl methyl sites for hydroxylation is 2. The molecular formula is C22H27N5O5S. The standard InChI is InChI=1S/C22H27N5O5S/c1-4-26(5-2)33(31,32)17-10-8-9-16(15-17)21(29)24-23-20(28)13-14-27-19-12-7-6-11-18(19)25(3)22(27)30/h6-12,15H,4-5,13-14H2,1-3H3,(H,23,28)(H,24,29). The van der Waals surface area contributed by atoms with Crippen LogP contribution < -0.4 is 16.5 Å². The lowest BCUT2D eigenvalue weighted by molar-refractivity contribution is -0.122. The van der Waals surface area contributed by atoms with Crippen LogP contribution in [0.2, 0.25) is 0 Å². The van der Waals surface area contributed by atoms with E-state index in [9.17, 15) is 22.8 Å². The molecule has 33 heavy (non-hydrogen) atoms. The fourth-order valence-corrected chi connectivity index (χ4v) is 5.07. The minimum Gasteiger partial charge on any atom is -0.295 e. The lowest BCUT2D eigenvalue weighted by Crippen LogP contribution is -2.42. The largest absolute Gasteiger partial charge is 0.328 e. The molecule has 0 saturated heterocycles. The third-order valence-electron chi connectivity index (χ3n) is 5.37. The van der Waals surface area contributed by atoms with Crippen molar-refractivity contribution in [1.29, 1.82) is 0 Å². The molecule has 0 bridgehead atoms. The molecule has 2 amide bonds. The molecule has 3 rings (SSSR count). The number of imidazole rings is 1. The van der Waals surface area contributed by atoms with E-state index in [1.807, 2.05) is 18.2 Å². The Kier molecular flexibility index (Phi) is 7.34. The molecule has 0 aliphatic rings. The van der Waals surface area contributed by atoms with Crippen LogP contribution in [0, 0.1) is 0 Å². The van der Waals surface area contributed by atoms with Crippen molar-refractivity contribution in [1.82, 2.24) is 24.3 Å². The predicted molar refractivity (Wildman–Crippen MR) is 124 cm³/mol. The number of hydrogen-bond donors (Lipinski definition) is 2. The summed E-state index contributed by atoms with van der Waals surface area (Å²) in [5, 5.41) is 0. The van der Waals surface area contributed by atoms with Gasteiger partial charge in [0.05, 0.1) is 15.9 Å². The predicted octanol–water partition coefficient (Wildman–Crippen LogP) is 1.22. The highest BCUT2D eigenvalue weighted by atomic mass is 32.2. The van der Waals surface area contributed by atoms with Gasteiger partial charge in [-0.1, -0.05) is 32.0 Å². The van der Waals surface area contributed by atoms with Gasteiger partial charge in [-0.25, -0.2) is 13.2 Å². The van der Waals surface area contributed by atoms with Crippen LogP contribution in [0.25, 0.3) is 11.0 Å². The van der Waals surface area contributed by atoms with Gasteiger partial charge in [-0.2, -0.15) is 4.31 Å². The van der Waals surface area contributed by atoms with Gasteiger partial charge in [0.15, 0.2) is 0 Å². The van der Waals surface area contributed by atoms with Crippen LogP contribution in [0.3, 0.4) is 0 Å². The minimum atomic E-state index is -3.72. The number of benzene rings is 2. The Morgan fingerprint density at radius 3 is 2.30 bits per heavy atom. The number of para-hydroxylation sites is 2. The summed E-state index contributed by atoms with van der Waals surface area (Å²) >= 11 is 0. The molecule has 11 heteroatoms. The first-order valence-corrected chi connectivity index (χ1v) is 12.0. The normalized spacial score (nSPS) is 11.6. The quantitative estimate of drug-likeness (QED) is 0.477. The highest BCUT2D eigenvalue weighted by molar-refractivity contribution is 7.89. The Balaban J connectivity index is 1.63. The summed E-state index contributed by atoms with van der Waals surface area (Å²) in [5.41, 5.74) is 5.93. The molecular weight excluding hydrogens is 446 g/mol. The summed E-state index contributed by atoms with van der Waals surface area (Å²) in [6.07, 6.45) is -0.0371. The number of nitrogens with one attached hydrogen (secondary N) is 2. The first-order chi connectivity index (χ1) is 15.7. The van der Waals surface area contributed by atoms with Crippen LogP contribution in [0.1, 0.15) is 30.6 Å². The summed E-state index contributed by atoms with van der Waals surface area (Å²) in [7, 11) is -2.05. The van der Waals surface area contributed by atoms with E-state index >= 15 is 0 Å². The second-order valence-corrected chi connectivity index (χ2v) is 9.29. The zero-order chi connectivity index (χ0) is 24.2. The van der Waals surface area contributed by atoms with Gasteiger partial charge in [-0.3, -0.25) is 29.6 Å². The zero-order valence-corrected chi connectivity index (χ0v) is 19.6. The third kappa shape index (κ3) is 4.99. The molecule has 0 fully saturated rings. The number of aromatic nitrogens is 2. The monoisotopic (exact) mass is 473 g/mol. The number of carbonyl (C=O) groups is 2. The molecule has 0 atom stereocenters. The Labute approximate surface area is 191 Å². The Morgan fingerprint density at radius 1 is 0.970 bits per heavy atom. The van der Waals surface area contributed by atoms with E-state index in [0.717, 1.165) is 5.52 Å². The summed E-state index contributed by atoms with van der Waals surface area (Å²) in [4.78, 5) is 37.1. The van der Waals surface area contributed by atoms with Gasteiger partial charge in [0.1, 0.15) is 0 Å². The smallest absolute Gasteiger partial charge is 0.295 e. The van der Waals surface area contributed by atoms with Crippen LogP contribution in [0.15, 0.2) is 58.2 Å². The molecule has 2 N–H and O–H groups in total. The fraction of sp³-hybridized carbons (Fsp3) is 0.318. The molecule has 3 aromatic rings. The summed E-state index contributed by atoms with van der Waals surface area (Å²) in [6, 6.07) is 12.9. The van der Waals surface area contributed by atoms with E-state index in [1.165, 1.54) is 37.7 Å². The molecule has 0 unspecified atom stereocenters. The van der Waals surface area contributed by atoms with Gasteiger partial charge < -0.3 is 0 Å². The maximum Gasteiger partial charge on any atom is 0.328 e. The van der Waals surface area contributed by atoms with Gasteiger partial charge in [-0.05, 0) is 30.3 Å². The average Bonchev–Trinajstić information content (AvgIpc) is 3.06. The number of hydrazine groups is 1. The van der Waals surface area contributed by atoms with Crippen LogP contribution in [-0.4, -0.2) is 46.8 Å². The summed E-state index contributed by atoms with van der Waals surface area (Å²) in [5.74, 6) is -1.14. The maximum atomic E-state index is 12.7. The lowest BCUT2D eigenvalue weighted by atomic mass is 10.2. The van der Waals surface area contributed by atoms with Crippen LogP contribution in [0.4, 0.5) is 0 Å². The number of fused-ring (bicyclic) bond motifs is 1. The number of rotatable bonds is 8. The molecule has 0 aliphatic heterocycles. The number of amides is 2. The van der Waals surface area contributed by atoms with E-state index in [4.69, 9.17) is 0 Å². The van der Waals surface area contributed by atoms with E-state index < -0.39 is 21.8 Å². The van der Waals surface area contributed by atoms with E-state index in [-0.39, 0.29) is 29.1 Å². The van der Waals surface area contributed by atoms with E-state index in [0.29, 0.717) is 18.6 Å².